The molecule has 0 radical (unpaired) electrons. The zero-order chi connectivity index (χ0) is 38.0. The molecule has 0 aliphatic carbocycles. The second-order valence-corrected chi connectivity index (χ2v) is 28.1. The van der Waals surface area contributed by atoms with Crippen molar-refractivity contribution in [1.82, 2.24) is 29.1 Å². The van der Waals surface area contributed by atoms with E-state index >= 15 is 0 Å². The molecule has 54 heavy (non-hydrogen) atoms. The second-order valence-electron chi connectivity index (χ2n) is 16.8. The van der Waals surface area contributed by atoms with Crippen molar-refractivity contribution in [3.8, 4) is 34.0 Å². The molecule has 2 atom stereocenters. The number of fused-ring (bicyclic) bond motifs is 3. The smallest absolute Gasteiger partial charge is 0.337 e. The third-order valence-electron chi connectivity index (χ3n) is 10.3. The SMILES string of the molecule is COC(=O)c1ccnc(-c2cnc(-c3ccc(-c4cc5c(N6[C@@H]7CC[C@H]6COC7)ncnc5n4COCC[Si](C)(C)C)cc3)n2COCC[Si](C)(C)C)c1. The van der Waals surface area contributed by atoms with Crippen LogP contribution in [0.1, 0.15) is 23.2 Å². The lowest BCUT2D eigenvalue weighted by molar-refractivity contribution is 0.0600. The van der Waals surface area contributed by atoms with Crippen LogP contribution in [-0.2, 0) is 32.4 Å². The first-order valence-corrected chi connectivity index (χ1v) is 26.4. The first-order chi connectivity index (χ1) is 25.9. The fourth-order valence-electron chi connectivity index (χ4n) is 7.22. The Bertz CT molecular complexity index is 2070. The molecule has 14 heteroatoms. The Morgan fingerprint density at radius 3 is 2.09 bits per heavy atom. The van der Waals surface area contributed by atoms with E-state index in [4.69, 9.17) is 33.9 Å². The molecule has 286 valence electrons. The van der Waals surface area contributed by atoms with Gasteiger partial charge in [-0.15, -0.1) is 0 Å². The van der Waals surface area contributed by atoms with E-state index in [0.29, 0.717) is 50.0 Å². The topological polar surface area (TPSA) is 119 Å². The van der Waals surface area contributed by atoms with Gasteiger partial charge in [0.05, 0.1) is 66.6 Å². The molecule has 0 amide bonds. The summed E-state index contributed by atoms with van der Waals surface area (Å²) in [6.07, 6.45) is 7.32. The molecule has 5 aromatic rings. The minimum atomic E-state index is -1.29. The molecule has 2 fully saturated rings. The standard InChI is InChI=1S/C40H53N7O5Si2/c1-49-40(48)30-14-15-41-34(20-30)36-22-42-37(46(36)27-51-17-19-54(5,6)7)29-10-8-28(9-11-29)35-21-33-38(45(35)26-50-16-18-53(2,3)4)43-25-44-39(33)47-31-12-13-32(47)24-52-23-31/h8-11,14-15,20-22,25,31-32H,12-13,16-19,23-24,26-27H2,1-7H3/t31-,32+. The molecule has 2 aliphatic rings. The summed E-state index contributed by atoms with van der Waals surface area (Å²) in [4.78, 5) is 34.0. The number of carbonyl (C=O) groups is 1. The van der Waals surface area contributed by atoms with Gasteiger partial charge in [0.1, 0.15) is 37.1 Å². The van der Waals surface area contributed by atoms with Crippen LogP contribution >= 0.6 is 0 Å². The number of anilines is 1. The van der Waals surface area contributed by atoms with Gasteiger partial charge < -0.3 is 28.4 Å². The minimum Gasteiger partial charge on any atom is -0.465 e. The van der Waals surface area contributed by atoms with Crippen LogP contribution in [0.3, 0.4) is 0 Å². The lowest BCUT2D eigenvalue weighted by Gasteiger charge is -2.35. The number of nitrogens with zero attached hydrogens (tertiary/aromatic N) is 7. The van der Waals surface area contributed by atoms with Crippen molar-refractivity contribution in [1.29, 1.82) is 0 Å². The molecule has 2 bridgehead atoms. The number of ether oxygens (including phenoxy) is 4. The first-order valence-electron chi connectivity index (χ1n) is 19.0. The van der Waals surface area contributed by atoms with Crippen molar-refractivity contribution in [2.75, 3.05) is 38.4 Å². The number of methoxy groups -OCH3 is 1. The number of carbonyl (C=O) groups excluding carboxylic acids is 1. The maximum Gasteiger partial charge on any atom is 0.337 e. The number of imidazole rings is 1. The van der Waals surface area contributed by atoms with Crippen molar-refractivity contribution in [2.45, 2.75) is 89.8 Å². The van der Waals surface area contributed by atoms with Crippen LogP contribution in [-0.4, -0.2) is 96.8 Å². The summed E-state index contributed by atoms with van der Waals surface area (Å²) in [5.41, 5.74) is 5.67. The average molecular weight is 768 g/mol. The Morgan fingerprint density at radius 2 is 1.44 bits per heavy atom. The summed E-state index contributed by atoms with van der Waals surface area (Å²) in [5, 5.41) is 1.03. The molecule has 0 spiro atoms. The summed E-state index contributed by atoms with van der Waals surface area (Å²) in [6.45, 7) is 17.6. The largest absolute Gasteiger partial charge is 0.465 e. The Hall–Kier alpha value is -4.22. The average Bonchev–Trinajstić information content (AvgIpc) is 3.81. The Balaban J connectivity index is 1.24. The summed E-state index contributed by atoms with van der Waals surface area (Å²) < 4.78 is 27.7. The number of hydrogen-bond donors (Lipinski definition) is 0. The van der Waals surface area contributed by atoms with Gasteiger partial charge in [-0.2, -0.15) is 0 Å². The number of aromatic nitrogens is 6. The summed E-state index contributed by atoms with van der Waals surface area (Å²) >= 11 is 0. The van der Waals surface area contributed by atoms with Crippen molar-refractivity contribution in [3.05, 3.63) is 66.7 Å². The number of morpholine rings is 1. The molecule has 2 saturated heterocycles. The van der Waals surface area contributed by atoms with Crippen molar-refractivity contribution in [2.24, 2.45) is 0 Å². The van der Waals surface area contributed by atoms with E-state index in [9.17, 15) is 4.79 Å². The molecule has 6 heterocycles. The molecule has 2 aliphatic heterocycles. The van der Waals surface area contributed by atoms with Gasteiger partial charge in [0.2, 0.25) is 0 Å². The molecular formula is C40H53N7O5Si2. The second kappa shape index (κ2) is 15.9. The van der Waals surface area contributed by atoms with E-state index < -0.39 is 22.1 Å². The normalized spacial score (nSPS) is 17.4. The molecule has 0 N–H and O–H groups in total. The van der Waals surface area contributed by atoms with Crippen LogP contribution in [0.15, 0.2) is 61.2 Å². The van der Waals surface area contributed by atoms with Gasteiger partial charge in [0, 0.05) is 41.1 Å². The van der Waals surface area contributed by atoms with E-state index in [-0.39, 0.29) is 0 Å². The molecule has 7 rings (SSSR count). The molecular weight excluding hydrogens is 715 g/mol. The van der Waals surface area contributed by atoms with Gasteiger partial charge >= 0.3 is 5.97 Å². The fourth-order valence-corrected chi connectivity index (χ4v) is 8.73. The first kappa shape index (κ1) is 38.1. The molecule has 12 nitrogen and oxygen atoms in total. The lowest BCUT2D eigenvalue weighted by atomic mass is 10.1. The maximum atomic E-state index is 12.4. The van der Waals surface area contributed by atoms with Gasteiger partial charge in [0.15, 0.2) is 0 Å². The third-order valence-corrected chi connectivity index (χ3v) is 13.7. The van der Waals surface area contributed by atoms with Crippen molar-refractivity contribution < 1.29 is 23.7 Å². The number of rotatable bonds is 15. The van der Waals surface area contributed by atoms with Crippen molar-refractivity contribution in [3.63, 3.8) is 0 Å². The van der Waals surface area contributed by atoms with E-state index in [1.807, 2.05) is 4.57 Å². The molecule has 4 aromatic heterocycles. The number of esters is 1. The molecule has 0 saturated carbocycles. The van der Waals surface area contributed by atoms with E-state index in [1.54, 1.807) is 30.9 Å². The fraction of sp³-hybridized carbons (Fsp3) is 0.475. The number of benzene rings is 1. The number of pyridine rings is 1. The van der Waals surface area contributed by atoms with E-state index in [2.05, 4.69) is 84.1 Å². The Kier molecular flexibility index (Phi) is 11.2. The maximum absolute atomic E-state index is 12.4. The third kappa shape index (κ3) is 8.37. The minimum absolute atomic E-state index is 0.301. The van der Waals surface area contributed by atoms with Crippen LogP contribution in [0.4, 0.5) is 5.82 Å². The Morgan fingerprint density at radius 1 is 0.796 bits per heavy atom. The van der Waals surface area contributed by atoms with Crippen LogP contribution in [0, 0.1) is 0 Å². The predicted molar refractivity (Wildman–Crippen MR) is 217 cm³/mol. The van der Waals surface area contributed by atoms with Crippen LogP contribution in [0.2, 0.25) is 51.4 Å². The van der Waals surface area contributed by atoms with E-state index in [0.717, 1.165) is 83.3 Å². The quantitative estimate of drug-likeness (QED) is 0.0593. The highest BCUT2D eigenvalue weighted by Crippen LogP contribution is 2.39. The van der Waals surface area contributed by atoms with Crippen LogP contribution in [0.5, 0.6) is 0 Å². The molecule has 0 unspecified atom stereocenters. The predicted octanol–water partition coefficient (Wildman–Crippen LogP) is 7.80. The zero-order valence-corrected chi connectivity index (χ0v) is 34.7. The highest BCUT2D eigenvalue weighted by molar-refractivity contribution is 6.76. The molecule has 1 aromatic carbocycles. The van der Waals surface area contributed by atoms with Gasteiger partial charge in [-0.3, -0.25) is 9.55 Å². The lowest BCUT2D eigenvalue weighted by Crippen LogP contribution is -2.46. The Labute approximate surface area is 319 Å². The van der Waals surface area contributed by atoms with Gasteiger partial charge in [-0.05, 0) is 48.7 Å². The van der Waals surface area contributed by atoms with Crippen LogP contribution in [0.25, 0.3) is 45.1 Å². The monoisotopic (exact) mass is 767 g/mol. The van der Waals surface area contributed by atoms with Gasteiger partial charge in [-0.1, -0.05) is 63.5 Å². The summed E-state index contributed by atoms with van der Waals surface area (Å²) in [7, 11) is -1.18. The van der Waals surface area contributed by atoms with Gasteiger partial charge in [0.25, 0.3) is 0 Å². The van der Waals surface area contributed by atoms with Crippen molar-refractivity contribution >= 4 is 39.0 Å². The van der Waals surface area contributed by atoms with E-state index in [1.165, 1.54) is 7.11 Å². The van der Waals surface area contributed by atoms with Crippen LogP contribution < -0.4 is 4.90 Å². The number of hydrogen-bond acceptors (Lipinski definition) is 10. The highest BCUT2D eigenvalue weighted by Gasteiger charge is 2.39. The zero-order valence-electron chi connectivity index (χ0n) is 32.7. The summed E-state index contributed by atoms with van der Waals surface area (Å²) in [5.74, 6) is 1.31. The van der Waals surface area contributed by atoms with Gasteiger partial charge in [-0.25, -0.2) is 19.7 Å². The summed E-state index contributed by atoms with van der Waals surface area (Å²) in [6, 6.07) is 16.9. The highest BCUT2D eigenvalue weighted by atomic mass is 28.3.